The van der Waals surface area contributed by atoms with Crippen LogP contribution in [0.4, 0.5) is 0 Å². The number of ether oxygens (including phenoxy) is 2. The van der Waals surface area contributed by atoms with E-state index < -0.39 is 0 Å². The van der Waals surface area contributed by atoms with Gasteiger partial charge in [-0.2, -0.15) is 0 Å². The second kappa shape index (κ2) is 5.96. The third kappa shape index (κ3) is 3.62. The van der Waals surface area contributed by atoms with Gasteiger partial charge in [0, 0.05) is 18.9 Å². The Morgan fingerprint density at radius 1 is 1.57 bits per heavy atom. The molecule has 0 spiro atoms. The van der Waals surface area contributed by atoms with Gasteiger partial charge >= 0.3 is 0 Å². The van der Waals surface area contributed by atoms with Crippen LogP contribution in [0.2, 0.25) is 5.15 Å². The molecule has 0 N–H and O–H groups in total. The van der Waals surface area contributed by atoms with Crippen molar-refractivity contribution in [2.24, 2.45) is 0 Å². The minimum absolute atomic E-state index is 0.0660. The van der Waals surface area contributed by atoms with E-state index in [1.807, 2.05) is 19.1 Å². The molecule has 1 aromatic heterocycles. The summed E-state index contributed by atoms with van der Waals surface area (Å²) >= 11 is 5.86. The summed E-state index contributed by atoms with van der Waals surface area (Å²) in [7, 11) is 1.65. The largest absolute Gasteiger partial charge is 0.382 e. The monoisotopic (exact) mass is 215 g/mol. The molecule has 1 heterocycles. The highest BCUT2D eigenvalue weighted by atomic mass is 35.5. The molecule has 0 amide bonds. The molecule has 0 saturated carbocycles. The number of rotatable bonds is 5. The van der Waals surface area contributed by atoms with Gasteiger partial charge in [0.1, 0.15) is 5.15 Å². The molecule has 0 saturated heterocycles. The van der Waals surface area contributed by atoms with E-state index >= 15 is 0 Å². The Bertz CT molecular complexity index is 281. The van der Waals surface area contributed by atoms with Crippen LogP contribution in [0.3, 0.4) is 0 Å². The van der Waals surface area contributed by atoms with Gasteiger partial charge < -0.3 is 9.47 Å². The molecule has 0 bridgehead atoms. The van der Waals surface area contributed by atoms with Crippen molar-refractivity contribution < 1.29 is 9.47 Å². The lowest BCUT2D eigenvalue weighted by molar-refractivity contribution is -0.000185. The van der Waals surface area contributed by atoms with E-state index in [9.17, 15) is 0 Å². The standard InChI is InChI=1S/C10H14ClNO2/c1-8(6-13-2)14-7-9-4-3-5-12-10(9)11/h3-5,8H,6-7H2,1-2H3. The van der Waals surface area contributed by atoms with E-state index in [2.05, 4.69) is 4.98 Å². The maximum atomic E-state index is 5.86. The number of hydrogen-bond acceptors (Lipinski definition) is 3. The number of halogens is 1. The summed E-state index contributed by atoms with van der Waals surface area (Å²) in [4.78, 5) is 3.96. The zero-order valence-corrected chi connectivity index (χ0v) is 9.12. The minimum atomic E-state index is 0.0660. The summed E-state index contributed by atoms with van der Waals surface area (Å²) in [5.74, 6) is 0. The van der Waals surface area contributed by atoms with Crippen molar-refractivity contribution in [3.8, 4) is 0 Å². The maximum absolute atomic E-state index is 5.86. The summed E-state index contributed by atoms with van der Waals surface area (Å²) in [6, 6.07) is 3.74. The quantitative estimate of drug-likeness (QED) is 0.707. The van der Waals surface area contributed by atoms with Crippen molar-refractivity contribution in [3.63, 3.8) is 0 Å². The lowest BCUT2D eigenvalue weighted by atomic mass is 10.3. The molecule has 0 radical (unpaired) electrons. The van der Waals surface area contributed by atoms with Crippen LogP contribution in [0, 0.1) is 0 Å². The highest BCUT2D eigenvalue weighted by Crippen LogP contribution is 2.13. The van der Waals surface area contributed by atoms with Crippen LogP contribution in [0.25, 0.3) is 0 Å². The Labute approximate surface area is 89.0 Å². The van der Waals surface area contributed by atoms with Crippen LogP contribution >= 0.6 is 11.6 Å². The zero-order valence-electron chi connectivity index (χ0n) is 8.37. The van der Waals surface area contributed by atoms with Gasteiger partial charge in [0.2, 0.25) is 0 Å². The molecule has 78 valence electrons. The van der Waals surface area contributed by atoms with Crippen molar-refractivity contribution in [2.75, 3.05) is 13.7 Å². The Kier molecular flexibility index (Phi) is 4.87. The maximum Gasteiger partial charge on any atom is 0.134 e. The Morgan fingerprint density at radius 2 is 2.36 bits per heavy atom. The van der Waals surface area contributed by atoms with E-state index in [1.54, 1.807) is 13.3 Å². The van der Waals surface area contributed by atoms with Crippen molar-refractivity contribution >= 4 is 11.6 Å². The van der Waals surface area contributed by atoms with Gasteiger partial charge in [-0.25, -0.2) is 4.98 Å². The van der Waals surface area contributed by atoms with Gasteiger partial charge in [-0.1, -0.05) is 17.7 Å². The van der Waals surface area contributed by atoms with Gasteiger partial charge in [0.15, 0.2) is 0 Å². The number of hydrogen-bond donors (Lipinski definition) is 0. The molecule has 0 aliphatic heterocycles. The fourth-order valence-corrected chi connectivity index (χ4v) is 1.22. The van der Waals surface area contributed by atoms with Crippen molar-refractivity contribution in [1.29, 1.82) is 0 Å². The van der Waals surface area contributed by atoms with E-state index in [1.165, 1.54) is 0 Å². The Morgan fingerprint density at radius 3 is 3.00 bits per heavy atom. The van der Waals surface area contributed by atoms with Gasteiger partial charge in [-0.3, -0.25) is 0 Å². The predicted octanol–water partition coefficient (Wildman–Crippen LogP) is 2.29. The van der Waals surface area contributed by atoms with Crippen LogP contribution in [0.5, 0.6) is 0 Å². The summed E-state index contributed by atoms with van der Waals surface area (Å²) in [5.41, 5.74) is 0.900. The third-order valence-electron chi connectivity index (χ3n) is 1.76. The van der Waals surface area contributed by atoms with E-state index in [0.717, 1.165) is 5.56 Å². The van der Waals surface area contributed by atoms with E-state index in [4.69, 9.17) is 21.1 Å². The molecule has 4 heteroatoms. The van der Waals surface area contributed by atoms with Crippen LogP contribution in [-0.4, -0.2) is 24.8 Å². The SMILES string of the molecule is COCC(C)OCc1cccnc1Cl. The summed E-state index contributed by atoms with van der Waals surface area (Å²) in [6.07, 6.45) is 1.72. The first-order valence-corrected chi connectivity index (χ1v) is 4.81. The zero-order chi connectivity index (χ0) is 10.4. The third-order valence-corrected chi connectivity index (χ3v) is 2.10. The Balaban J connectivity index is 2.41. The average molecular weight is 216 g/mol. The molecule has 1 atom stereocenters. The second-order valence-electron chi connectivity index (χ2n) is 3.03. The van der Waals surface area contributed by atoms with Crippen molar-refractivity contribution in [1.82, 2.24) is 4.98 Å². The van der Waals surface area contributed by atoms with Crippen LogP contribution in [0.1, 0.15) is 12.5 Å². The second-order valence-corrected chi connectivity index (χ2v) is 3.39. The topological polar surface area (TPSA) is 31.4 Å². The smallest absolute Gasteiger partial charge is 0.134 e. The molecule has 0 aromatic carbocycles. The van der Waals surface area contributed by atoms with Crippen LogP contribution in [-0.2, 0) is 16.1 Å². The molecule has 1 aromatic rings. The predicted molar refractivity (Wildman–Crippen MR) is 55.4 cm³/mol. The van der Waals surface area contributed by atoms with Crippen molar-refractivity contribution in [3.05, 3.63) is 29.0 Å². The van der Waals surface area contributed by atoms with Crippen LogP contribution in [0.15, 0.2) is 18.3 Å². The summed E-state index contributed by atoms with van der Waals surface area (Å²) in [6.45, 7) is 3.00. The minimum Gasteiger partial charge on any atom is -0.382 e. The first-order valence-electron chi connectivity index (χ1n) is 4.44. The number of methoxy groups -OCH3 is 1. The fourth-order valence-electron chi connectivity index (χ4n) is 1.04. The van der Waals surface area contributed by atoms with Gasteiger partial charge in [0.25, 0.3) is 0 Å². The number of nitrogens with zero attached hydrogens (tertiary/aromatic N) is 1. The average Bonchev–Trinajstić information content (AvgIpc) is 2.17. The first kappa shape index (κ1) is 11.4. The first-order chi connectivity index (χ1) is 6.74. The normalized spacial score (nSPS) is 12.8. The van der Waals surface area contributed by atoms with E-state index in [-0.39, 0.29) is 6.10 Å². The molecule has 1 unspecified atom stereocenters. The van der Waals surface area contributed by atoms with Gasteiger partial charge in [-0.05, 0) is 13.0 Å². The molecule has 1 rings (SSSR count). The highest BCUT2D eigenvalue weighted by molar-refractivity contribution is 6.30. The summed E-state index contributed by atoms with van der Waals surface area (Å²) in [5, 5.41) is 0.497. The number of aromatic nitrogens is 1. The van der Waals surface area contributed by atoms with Gasteiger partial charge in [-0.15, -0.1) is 0 Å². The lowest BCUT2D eigenvalue weighted by Gasteiger charge is -2.12. The highest BCUT2D eigenvalue weighted by Gasteiger charge is 2.04. The van der Waals surface area contributed by atoms with Gasteiger partial charge in [0.05, 0.1) is 19.3 Å². The molecule has 3 nitrogen and oxygen atoms in total. The molecule has 14 heavy (non-hydrogen) atoms. The van der Waals surface area contributed by atoms with Crippen LogP contribution < -0.4 is 0 Å². The summed E-state index contributed by atoms with van der Waals surface area (Å²) < 4.78 is 10.4. The molecule has 0 fully saturated rings. The van der Waals surface area contributed by atoms with E-state index in [0.29, 0.717) is 18.4 Å². The Hall–Kier alpha value is -0.640. The number of pyridine rings is 1. The molecule has 0 aliphatic rings. The lowest BCUT2D eigenvalue weighted by Crippen LogP contribution is -2.14. The molecular formula is C10H14ClNO2. The molecular weight excluding hydrogens is 202 g/mol. The fraction of sp³-hybridized carbons (Fsp3) is 0.500. The van der Waals surface area contributed by atoms with Crippen molar-refractivity contribution in [2.45, 2.75) is 19.6 Å². The molecule has 0 aliphatic carbocycles.